The molecule has 0 bridgehead atoms. The Kier molecular flexibility index (Phi) is 4.09. The van der Waals surface area contributed by atoms with Crippen molar-refractivity contribution in [3.05, 3.63) is 23.8 Å². The molecule has 90 valence electrons. The van der Waals surface area contributed by atoms with Gasteiger partial charge in [-0.1, -0.05) is 0 Å². The number of rotatable bonds is 3. The predicted molar refractivity (Wildman–Crippen MR) is 60.2 cm³/mol. The van der Waals surface area contributed by atoms with Gasteiger partial charge in [0.2, 0.25) is 0 Å². The maximum absolute atomic E-state index is 12.3. The van der Waals surface area contributed by atoms with Crippen molar-refractivity contribution in [1.82, 2.24) is 0 Å². The van der Waals surface area contributed by atoms with E-state index in [4.69, 9.17) is 11.5 Å². The quantitative estimate of drug-likeness (QED) is 0.640. The van der Waals surface area contributed by atoms with Crippen LogP contribution in [-0.2, 0) is 6.18 Å². The van der Waals surface area contributed by atoms with E-state index in [1.54, 1.807) is 0 Å². The van der Waals surface area contributed by atoms with Crippen LogP contribution in [-0.4, -0.2) is 11.8 Å². The van der Waals surface area contributed by atoms with E-state index in [-0.39, 0.29) is 11.7 Å². The van der Waals surface area contributed by atoms with Crippen molar-refractivity contribution in [2.24, 2.45) is 5.73 Å². The van der Waals surface area contributed by atoms with Gasteiger partial charge in [-0.15, -0.1) is 11.8 Å². The third kappa shape index (κ3) is 3.61. The fourth-order valence-electron chi connectivity index (χ4n) is 1.08. The van der Waals surface area contributed by atoms with E-state index < -0.39 is 11.7 Å². The standard InChI is InChI=1S/C10H13F3N2S/c1-6(14)5-16-9-3-2-7(4-8(9)15)10(11,12)13/h2-4,6H,5,14-15H2,1H3. The molecule has 0 amide bonds. The lowest BCUT2D eigenvalue weighted by molar-refractivity contribution is -0.137. The summed E-state index contributed by atoms with van der Waals surface area (Å²) in [6, 6.07) is 3.33. The zero-order chi connectivity index (χ0) is 12.3. The molecule has 4 N–H and O–H groups in total. The van der Waals surface area contributed by atoms with Crippen LogP contribution in [0.15, 0.2) is 23.1 Å². The van der Waals surface area contributed by atoms with Crippen LogP contribution in [0.25, 0.3) is 0 Å². The number of benzene rings is 1. The maximum Gasteiger partial charge on any atom is 0.416 e. The second kappa shape index (κ2) is 4.97. The van der Waals surface area contributed by atoms with Gasteiger partial charge in [0, 0.05) is 22.4 Å². The van der Waals surface area contributed by atoms with Crippen LogP contribution in [0.4, 0.5) is 18.9 Å². The van der Waals surface area contributed by atoms with Gasteiger partial charge < -0.3 is 11.5 Å². The van der Waals surface area contributed by atoms with Crippen LogP contribution >= 0.6 is 11.8 Å². The lowest BCUT2D eigenvalue weighted by atomic mass is 10.2. The molecule has 1 aromatic rings. The Hall–Kier alpha value is -0.880. The molecule has 1 rings (SSSR count). The van der Waals surface area contributed by atoms with Crippen LogP contribution in [0.3, 0.4) is 0 Å². The summed E-state index contributed by atoms with van der Waals surface area (Å²) in [5.41, 5.74) is 10.5. The lowest BCUT2D eigenvalue weighted by Crippen LogP contribution is -2.17. The molecule has 1 atom stereocenters. The first-order valence-electron chi connectivity index (χ1n) is 4.66. The number of thioether (sulfide) groups is 1. The third-order valence-electron chi connectivity index (χ3n) is 1.84. The molecular formula is C10H13F3N2S. The van der Waals surface area contributed by atoms with Crippen molar-refractivity contribution in [2.75, 3.05) is 11.5 Å². The maximum atomic E-state index is 12.3. The highest BCUT2D eigenvalue weighted by atomic mass is 32.2. The third-order valence-corrected chi connectivity index (χ3v) is 3.21. The van der Waals surface area contributed by atoms with Crippen molar-refractivity contribution in [2.45, 2.75) is 24.0 Å². The number of nitrogens with two attached hydrogens (primary N) is 2. The highest BCUT2D eigenvalue weighted by molar-refractivity contribution is 7.99. The number of halogens is 3. The van der Waals surface area contributed by atoms with Gasteiger partial charge in [-0.2, -0.15) is 13.2 Å². The lowest BCUT2D eigenvalue weighted by Gasteiger charge is -2.11. The number of anilines is 1. The van der Waals surface area contributed by atoms with E-state index in [2.05, 4.69) is 0 Å². The molecule has 1 aromatic carbocycles. The second-order valence-corrected chi connectivity index (χ2v) is 4.60. The van der Waals surface area contributed by atoms with Crippen molar-refractivity contribution < 1.29 is 13.2 Å². The Morgan fingerprint density at radius 1 is 1.38 bits per heavy atom. The summed E-state index contributed by atoms with van der Waals surface area (Å²) in [5.74, 6) is 0.621. The van der Waals surface area contributed by atoms with Gasteiger partial charge in [0.15, 0.2) is 0 Å². The molecule has 2 nitrogen and oxygen atoms in total. The van der Waals surface area contributed by atoms with E-state index in [0.29, 0.717) is 10.6 Å². The molecule has 0 fully saturated rings. The van der Waals surface area contributed by atoms with Gasteiger partial charge in [0.05, 0.1) is 5.56 Å². The number of hydrogen-bond acceptors (Lipinski definition) is 3. The van der Waals surface area contributed by atoms with Crippen LogP contribution < -0.4 is 11.5 Å². The number of alkyl halides is 3. The number of nitrogen functional groups attached to an aromatic ring is 1. The van der Waals surface area contributed by atoms with Crippen LogP contribution in [0.2, 0.25) is 0 Å². The SMILES string of the molecule is CC(N)CSc1ccc(C(F)(F)F)cc1N. The van der Waals surface area contributed by atoms with E-state index in [0.717, 1.165) is 12.1 Å². The molecular weight excluding hydrogens is 237 g/mol. The summed E-state index contributed by atoms with van der Waals surface area (Å²) in [6.07, 6.45) is -4.35. The van der Waals surface area contributed by atoms with Crippen molar-refractivity contribution >= 4 is 17.4 Å². The van der Waals surface area contributed by atoms with Crippen molar-refractivity contribution in [1.29, 1.82) is 0 Å². The van der Waals surface area contributed by atoms with E-state index in [9.17, 15) is 13.2 Å². The smallest absolute Gasteiger partial charge is 0.398 e. The molecule has 0 saturated heterocycles. The fourth-order valence-corrected chi connectivity index (χ4v) is 1.91. The first-order valence-corrected chi connectivity index (χ1v) is 5.64. The molecule has 0 aliphatic heterocycles. The molecule has 0 aromatic heterocycles. The highest BCUT2D eigenvalue weighted by Gasteiger charge is 2.30. The van der Waals surface area contributed by atoms with Crippen molar-refractivity contribution in [3.8, 4) is 0 Å². The molecule has 1 unspecified atom stereocenters. The highest BCUT2D eigenvalue weighted by Crippen LogP contribution is 2.34. The van der Waals surface area contributed by atoms with E-state index in [1.165, 1.54) is 17.8 Å². The van der Waals surface area contributed by atoms with Crippen LogP contribution in [0, 0.1) is 0 Å². The molecule has 0 radical (unpaired) electrons. The minimum Gasteiger partial charge on any atom is -0.398 e. The first-order chi connectivity index (χ1) is 7.30. The van der Waals surface area contributed by atoms with E-state index in [1.807, 2.05) is 6.92 Å². The van der Waals surface area contributed by atoms with Crippen molar-refractivity contribution in [3.63, 3.8) is 0 Å². The van der Waals surface area contributed by atoms with Gasteiger partial charge in [-0.05, 0) is 25.1 Å². The van der Waals surface area contributed by atoms with Gasteiger partial charge in [-0.25, -0.2) is 0 Å². The summed E-state index contributed by atoms with van der Waals surface area (Å²) >= 11 is 1.36. The van der Waals surface area contributed by atoms with Gasteiger partial charge >= 0.3 is 6.18 Å². The largest absolute Gasteiger partial charge is 0.416 e. The predicted octanol–water partition coefficient (Wildman–Crippen LogP) is 2.73. The van der Waals surface area contributed by atoms with Gasteiger partial charge in [-0.3, -0.25) is 0 Å². The van der Waals surface area contributed by atoms with Gasteiger partial charge in [0.1, 0.15) is 0 Å². The molecule has 0 saturated carbocycles. The molecule has 0 aliphatic carbocycles. The zero-order valence-electron chi connectivity index (χ0n) is 8.71. The molecule has 0 aliphatic rings. The van der Waals surface area contributed by atoms with Crippen LogP contribution in [0.1, 0.15) is 12.5 Å². The fraction of sp³-hybridized carbons (Fsp3) is 0.400. The number of hydrogen-bond donors (Lipinski definition) is 2. The van der Waals surface area contributed by atoms with E-state index >= 15 is 0 Å². The Morgan fingerprint density at radius 3 is 2.44 bits per heavy atom. The monoisotopic (exact) mass is 250 g/mol. The Labute approximate surface area is 96.2 Å². The summed E-state index contributed by atoms with van der Waals surface area (Å²) in [7, 11) is 0. The topological polar surface area (TPSA) is 52.0 Å². The zero-order valence-corrected chi connectivity index (χ0v) is 9.53. The normalized spacial score (nSPS) is 13.8. The van der Waals surface area contributed by atoms with Crippen LogP contribution in [0.5, 0.6) is 0 Å². The summed E-state index contributed by atoms with van der Waals surface area (Å²) in [5, 5.41) is 0. The summed E-state index contributed by atoms with van der Waals surface area (Å²) < 4.78 is 37.0. The molecule has 6 heteroatoms. The summed E-state index contributed by atoms with van der Waals surface area (Å²) in [6.45, 7) is 1.83. The summed E-state index contributed by atoms with van der Waals surface area (Å²) in [4.78, 5) is 0.630. The minimum atomic E-state index is -4.35. The molecule has 0 heterocycles. The second-order valence-electron chi connectivity index (χ2n) is 3.54. The Balaban J connectivity index is 2.84. The average molecular weight is 250 g/mol. The Bertz CT molecular complexity index is 364. The molecule has 0 spiro atoms. The average Bonchev–Trinajstić information content (AvgIpc) is 2.14. The van der Waals surface area contributed by atoms with Gasteiger partial charge in [0.25, 0.3) is 0 Å². The minimum absolute atomic E-state index is 0.0216. The first kappa shape index (κ1) is 13.2. The Morgan fingerprint density at radius 2 is 2.00 bits per heavy atom. The molecule has 16 heavy (non-hydrogen) atoms.